The number of oxazole rings is 1. The predicted molar refractivity (Wildman–Crippen MR) is 76.9 cm³/mol. The summed E-state index contributed by atoms with van der Waals surface area (Å²) in [6.07, 6.45) is 0.397. The first-order valence-corrected chi connectivity index (χ1v) is 8.27. The van der Waals surface area contributed by atoms with Gasteiger partial charge in [0.05, 0.1) is 23.6 Å². The van der Waals surface area contributed by atoms with Crippen LogP contribution in [-0.2, 0) is 19.5 Å². The third kappa shape index (κ3) is 3.07. The number of hydrogen-bond donors (Lipinski definition) is 2. The molecule has 0 unspecified atom stereocenters. The molecule has 1 aromatic heterocycles. The fourth-order valence-electron chi connectivity index (χ4n) is 2.29. The van der Waals surface area contributed by atoms with Crippen LogP contribution in [0.15, 0.2) is 32.3 Å². The first-order chi connectivity index (χ1) is 10.4. The van der Waals surface area contributed by atoms with Crippen molar-refractivity contribution >= 4 is 21.1 Å². The average Bonchev–Trinajstić information content (AvgIpc) is 3.02. The van der Waals surface area contributed by atoms with E-state index in [9.17, 15) is 13.2 Å². The molecule has 0 amide bonds. The smallest absolute Gasteiger partial charge is 0.408 e. The predicted octanol–water partition coefficient (Wildman–Crippen LogP) is 0.552. The Morgan fingerprint density at radius 1 is 1.32 bits per heavy atom. The maximum atomic E-state index is 12.2. The van der Waals surface area contributed by atoms with Gasteiger partial charge < -0.3 is 13.9 Å². The molecule has 120 valence electrons. The number of ether oxygens (including phenoxy) is 2. The molecule has 8 nitrogen and oxygen atoms in total. The molecular formula is C13H16N2O6S. The minimum absolute atomic E-state index is 0.0289. The maximum Gasteiger partial charge on any atom is 0.417 e. The molecule has 2 heterocycles. The number of benzene rings is 1. The van der Waals surface area contributed by atoms with Crippen LogP contribution in [0.25, 0.3) is 11.1 Å². The Morgan fingerprint density at radius 3 is 2.77 bits per heavy atom. The van der Waals surface area contributed by atoms with E-state index in [1.807, 2.05) is 0 Å². The van der Waals surface area contributed by atoms with Gasteiger partial charge in [-0.15, -0.1) is 0 Å². The Labute approximate surface area is 126 Å². The fourth-order valence-corrected chi connectivity index (χ4v) is 3.34. The van der Waals surface area contributed by atoms with E-state index in [0.717, 1.165) is 0 Å². The van der Waals surface area contributed by atoms with E-state index in [-0.39, 0.29) is 17.0 Å². The molecule has 0 atom stereocenters. The monoisotopic (exact) mass is 328 g/mol. The molecule has 0 radical (unpaired) electrons. The number of fused-ring (bicyclic) bond motifs is 1. The van der Waals surface area contributed by atoms with Crippen LogP contribution in [0.2, 0.25) is 0 Å². The lowest BCUT2D eigenvalue weighted by atomic mass is 10.2. The minimum atomic E-state index is -3.70. The SMILES string of the molecule is CC1(CCNS(=O)(=O)c2ccc3[nH]c(=O)oc3c2)OCCO1. The normalized spacial score (nSPS) is 18.0. The van der Waals surface area contributed by atoms with Crippen molar-refractivity contribution in [2.24, 2.45) is 0 Å². The second-order valence-electron chi connectivity index (χ2n) is 5.15. The molecule has 22 heavy (non-hydrogen) atoms. The molecule has 1 saturated heterocycles. The highest BCUT2D eigenvalue weighted by Gasteiger charge is 2.30. The van der Waals surface area contributed by atoms with E-state index in [1.54, 1.807) is 6.92 Å². The molecule has 0 saturated carbocycles. The van der Waals surface area contributed by atoms with Crippen LogP contribution in [0, 0.1) is 0 Å². The Morgan fingerprint density at radius 2 is 2.05 bits per heavy atom. The van der Waals surface area contributed by atoms with Crippen molar-refractivity contribution in [1.82, 2.24) is 9.71 Å². The topological polar surface area (TPSA) is 111 Å². The van der Waals surface area contributed by atoms with Crippen LogP contribution < -0.4 is 10.5 Å². The second-order valence-corrected chi connectivity index (χ2v) is 6.92. The van der Waals surface area contributed by atoms with Crippen molar-refractivity contribution in [2.75, 3.05) is 19.8 Å². The van der Waals surface area contributed by atoms with Gasteiger partial charge in [-0.3, -0.25) is 4.98 Å². The largest absolute Gasteiger partial charge is 0.417 e. The number of sulfonamides is 1. The van der Waals surface area contributed by atoms with Gasteiger partial charge >= 0.3 is 5.76 Å². The van der Waals surface area contributed by atoms with Crippen LogP contribution in [-0.4, -0.2) is 38.9 Å². The lowest BCUT2D eigenvalue weighted by Crippen LogP contribution is -2.33. The number of rotatable bonds is 5. The number of H-pyrrole nitrogens is 1. The number of hydrogen-bond acceptors (Lipinski definition) is 6. The van der Waals surface area contributed by atoms with E-state index in [4.69, 9.17) is 13.9 Å². The van der Waals surface area contributed by atoms with Crippen LogP contribution in [0.3, 0.4) is 0 Å². The zero-order valence-electron chi connectivity index (χ0n) is 11.9. The number of nitrogens with one attached hydrogen (secondary N) is 2. The second kappa shape index (κ2) is 5.51. The van der Waals surface area contributed by atoms with Gasteiger partial charge in [-0.1, -0.05) is 0 Å². The summed E-state index contributed by atoms with van der Waals surface area (Å²) in [5.41, 5.74) is 0.645. The summed E-state index contributed by atoms with van der Waals surface area (Å²) in [5, 5.41) is 0. The highest BCUT2D eigenvalue weighted by molar-refractivity contribution is 7.89. The molecule has 3 rings (SSSR count). The maximum absolute atomic E-state index is 12.2. The van der Waals surface area contributed by atoms with Gasteiger partial charge in [-0.2, -0.15) is 0 Å². The lowest BCUT2D eigenvalue weighted by Gasteiger charge is -2.22. The highest BCUT2D eigenvalue weighted by Crippen LogP contribution is 2.22. The summed E-state index contributed by atoms with van der Waals surface area (Å²) in [6, 6.07) is 4.19. The van der Waals surface area contributed by atoms with Gasteiger partial charge in [0.25, 0.3) is 0 Å². The Hall–Kier alpha value is -1.68. The van der Waals surface area contributed by atoms with Gasteiger partial charge in [0, 0.05) is 19.0 Å². The molecule has 1 aliphatic heterocycles. The summed E-state index contributed by atoms with van der Waals surface area (Å²) in [6.45, 7) is 2.96. The molecule has 9 heteroatoms. The van der Waals surface area contributed by atoms with Crippen molar-refractivity contribution in [3.05, 3.63) is 28.7 Å². The molecule has 2 N–H and O–H groups in total. The standard InChI is InChI=1S/C13H16N2O6S/c1-13(19-6-7-20-13)4-5-14-22(17,18)9-2-3-10-11(8-9)21-12(16)15-10/h2-3,8,14H,4-7H2,1H3,(H,15,16). The minimum Gasteiger partial charge on any atom is -0.408 e. The van der Waals surface area contributed by atoms with Gasteiger partial charge in [-0.05, 0) is 19.1 Å². The van der Waals surface area contributed by atoms with E-state index >= 15 is 0 Å². The molecule has 1 fully saturated rings. The number of aromatic nitrogens is 1. The van der Waals surface area contributed by atoms with E-state index in [1.165, 1.54) is 18.2 Å². The van der Waals surface area contributed by atoms with Gasteiger partial charge in [-0.25, -0.2) is 17.9 Å². The number of aromatic amines is 1. The van der Waals surface area contributed by atoms with Crippen molar-refractivity contribution in [3.63, 3.8) is 0 Å². The zero-order chi connectivity index (χ0) is 15.8. The van der Waals surface area contributed by atoms with Crippen molar-refractivity contribution in [3.8, 4) is 0 Å². The molecule has 2 aromatic rings. The van der Waals surface area contributed by atoms with E-state index in [0.29, 0.717) is 25.2 Å². The average molecular weight is 328 g/mol. The van der Waals surface area contributed by atoms with E-state index < -0.39 is 21.6 Å². The summed E-state index contributed by atoms with van der Waals surface area (Å²) < 4.78 is 42.6. The van der Waals surface area contributed by atoms with Crippen LogP contribution >= 0.6 is 0 Å². The summed E-state index contributed by atoms with van der Waals surface area (Å²) in [5.74, 6) is -1.37. The summed E-state index contributed by atoms with van der Waals surface area (Å²) >= 11 is 0. The molecule has 1 aliphatic rings. The Bertz CT molecular complexity index is 832. The lowest BCUT2D eigenvalue weighted by molar-refractivity contribution is -0.145. The fraction of sp³-hybridized carbons (Fsp3) is 0.462. The Kier molecular flexibility index (Phi) is 3.81. The highest BCUT2D eigenvalue weighted by atomic mass is 32.2. The van der Waals surface area contributed by atoms with Crippen LogP contribution in [0.1, 0.15) is 13.3 Å². The van der Waals surface area contributed by atoms with E-state index in [2.05, 4.69) is 9.71 Å². The molecule has 0 aliphatic carbocycles. The van der Waals surface area contributed by atoms with Crippen molar-refractivity contribution in [2.45, 2.75) is 24.0 Å². The van der Waals surface area contributed by atoms with Crippen molar-refractivity contribution < 1.29 is 22.3 Å². The van der Waals surface area contributed by atoms with Gasteiger partial charge in [0.15, 0.2) is 11.4 Å². The third-order valence-corrected chi connectivity index (χ3v) is 4.93. The van der Waals surface area contributed by atoms with Gasteiger partial charge in [0.2, 0.25) is 10.0 Å². The first-order valence-electron chi connectivity index (χ1n) is 6.78. The first kappa shape index (κ1) is 15.2. The van der Waals surface area contributed by atoms with Crippen LogP contribution in [0.4, 0.5) is 0 Å². The molecular weight excluding hydrogens is 312 g/mol. The summed E-state index contributed by atoms with van der Waals surface area (Å²) in [7, 11) is -3.70. The Balaban J connectivity index is 1.72. The van der Waals surface area contributed by atoms with Gasteiger partial charge in [0.1, 0.15) is 0 Å². The zero-order valence-corrected chi connectivity index (χ0v) is 12.7. The molecule has 0 spiro atoms. The molecule has 0 bridgehead atoms. The quantitative estimate of drug-likeness (QED) is 0.829. The van der Waals surface area contributed by atoms with Crippen LogP contribution in [0.5, 0.6) is 0 Å². The molecule has 1 aromatic carbocycles. The summed E-state index contributed by atoms with van der Waals surface area (Å²) in [4.78, 5) is 13.6. The van der Waals surface area contributed by atoms with Crippen molar-refractivity contribution in [1.29, 1.82) is 0 Å². The third-order valence-electron chi connectivity index (χ3n) is 3.47.